The van der Waals surface area contributed by atoms with E-state index in [1.807, 2.05) is 0 Å². The first-order chi connectivity index (χ1) is 4.89. The first-order valence-electron chi connectivity index (χ1n) is 3.78. The van der Waals surface area contributed by atoms with Crippen molar-refractivity contribution in [1.29, 1.82) is 0 Å². The second-order valence-electron chi connectivity index (χ2n) is 3.54. The molecule has 0 aliphatic heterocycles. The van der Waals surface area contributed by atoms with Crippen molar-refractivity contribution >= 4 is 37.6 Å². The van der Waals surface area contributed by atoms with Crippen LogP contribution in [0.1, 0.15) is 13.3 Å². The molecule has 0 unspecified atom stereocenters. The largest absolute Gasteiger partial charge is 0.298 e. The Hall–Kier alpha value is 0.754. The topological polar surface area (TPSA) is 0 Å². The molecular formula is C7H15Cl2Si2. The van der Waals surface area contributed by atoms with Crippen LogP contribution in [0.3, 0.4) is 0 Å². The summed E-state index contributed by atoms with van der Waals surface area (Å²) >= 11 is 11.9. The van der Waals surface area contributed by atoms with E-state index in [0.29, 0.717) is 0 Å². The van der Waals surface area contributed by atoms with Crippen molar-refractivity contribution < 1.29 is 0 Å². The molecule has 0 spiro atoms. The summed E-state index contributed by atoms with van der Waals surface area (Å²) in [5, 5.41) is 0. The van der Waals surface area contributed by atoms with Gasteiger partial charge in [-0.15, -0.1) is 22.2 Å². The van der Waals surface area contributed by atoms with Gasteiger partial charge in [-0.3, -0.25) is 0 Å². The molecule has 0 aliphatic rings. The Morgan fingerprint density at radius 3 is 1.91 bits per heavy atom. The molecular weight excluding hydrogens is 211 g/mol. The van der Waals surface area contributed by atoms with E-state index in [1.54, 1.807) is 0 Å². The fourth-order valence-corrected chi connectivity index (χ4v) is 9.88. The monoisotopic (exact) mass is 225 g/mol. The lowest BCUT2D eigenvalue weighted by Crippen LogP contribution is -2.29. The number of allylic oxidation sites excluding steroid dienone is 1. The van der Waals surface area contributed by atoms with E-state index in [9.17, 15) is 0 Å². The zero-order valence-electron chi connectivity index (χ0n) is 7.54. The van der Waals surface area contributed by atoms with Crippen LogP contribution in [0, 0.1) is 0 Å². The Morgan fingerprint density at radius 1 is 1.36 bits per heavy atom. The van der Waals surface area contributed by atoms with E-state index in [4.69, 9.17) is 22.2 Å². The molecule has 4 heteroatoms. The molecule has 0 N–H and O–H groups in total. The highest BCUT2D eigenvalue weighted by molar-refractivity contribution is 7.41. The molecule has 0 saturated carbocycles. The van der Waals surface area contributed by atoms with Crippen molar-refractivity contribution in [2.45, 2.75) is 33.0 Å². The van der Waals surface area contributed by atoms with E-state index in [0.717, 1.165) is 6.42 Å². The van der Waals surface area contributed by atoms with Gasteiger partial charge in [0, 0.05) is 0 Å². The van der Waals surface area contributed by atoms with Gasteiger partial charge in [0.05, 0.1) is 8.07 Å². The van der Waals surface area contributed by atoms with Crippen LogP contribution in [-0.2, 0) is 0 Å². The second-order valence-corrected chi connectivity index (χ2v) is 13.0. The minimum atomic E-state index is -1.23. The van der Waals surface area contributed by atoms with Crippen LogP contribution in [-0.4, -0.2) is 15.5 Å². The van der Waals surface area contributed by atoms with Crippen LogP contribution in [0.5, 0.6) is 0 Å². The van der Waals surface area contributed by atoms with Gasteiger partial charge in [-0.05, 0) is 6.42 Å². The molecule has 0 bridgehead atoms. The number of halogens is 2. The van der Waals surface area contributed by atoms with Crippen LogP contribution < -0.4 is 0 Å². The summed E-state index contributed by atoms with van der Waals surface area (Å²) in [5.74, 6) is 0. The summed E-state index contributed by atoms with van der Waals surface area (Å²) in [6.07, 6.45) is 3.26. The summed E-state index contributed by atoms with van der Waals surface area (Å²) in [4.78, 5) is 1.35. The van der Waals surface area contributed by atoms with Gasteiger partial charge in [-0.2, -0.15) is 0 Å². The Balaban J connectivity index is 4.49. The molecule has 0 heterocycles. The quantitative estimate of drug-likeness (QED) is 0.508. The fourth-order valence-electron chi connectivity index (χ4n) is 0.871. The molecule has 0 atom stereocenters. The third-order valence-electron chi connectivity index (χ3n) is 1.42. The Kier molecular flexibility index (Phi) is 5.02. The van der Waals surface area contributed by atoms with Gasteiger partial charge in [0.25, 0.3) is 7.42 Å². The summed E-state index contributed by atoms with van der Waals surface area (Å²) in [6, 6.07) is 0. The van der Waals surface area contributed by atoms with Gasteiger partial charge in [0.2, 0.25) is 0 Å². The lowest BCUT2D eigenvalue weighted by Gasteiger charge is -2.20. The molecule has 65 valence electrons. The third-order valence-corrected chi connectivity index (χ3v) is 9.02. The number of hydrogen-bond acceptors (Lipinski definition) is 0. The van der Waals surface area contributed by atoms with Crippen LogP contribution >= 0.6 is 22.2 Å². The minimum absolute atomic E-state index is 1.05. The third kappa shape index (κ3) is 4.36. The molecule has 0 aromatic rings. The highest BCUT2D eigenvalue weighted by Gasteiger charge is 2.25. The molecule has 1 radical (unpaired) electrons. The van der Waals surface area contributed by atoms with Gasteiger partial charge >= 0.3 is 0 Å². The summed E-state index contributed by atoms with van der Waals surface area (Å²) in [5.41, 5.74) is 0. The van der Waals surface area contributed by atoms with Crippen molar-refractivity contribution in [2.75, 3.05) is 0 Å². The molecule has 0 amide bonds. The number of hydrogen-bond donors (Lipinski definition) is 0. The molecule has 0 fully saturated rings. The zero-order chi connectivity index (χ0) is 9.07. The Morgan fingerprint density at radius 2 is 1.82 bits per heavy atom. The Bertz CT molecular complexity index is 147. The average molecular weight is 226 g/mol. The van der Waals surface area contributed by atoms with Crippen molar-refractivity contribution in [3.8, 4) is 0 Å². The lowest BCUT2D eigenvalue weighted by atomic mass is 10.5. The van der Waals surface area contributed by atoms with Crippen LogP contribution in [0.2, 0.25) is 19.6 Å². The van der Waals surface area contributed by atoms with E-state index >= 15 is 0 Å². The molecule has 0 nitrogen and oxygen atoms in total. The van der Waals surface area contributed by atoms with Gasteiger partial charge in [-0.1, -0.05) is 37.5 Å². The molecule has 0 saturated heterocycles. The normalized spacial score (nSPS) is 14.3. The lowest BCUT2D eigenvalue weighted by molar-refractivity contribution is 1.22. The van der Waals surface area contributed by atoms with E-state index in [2.05, 4.69) is 32.6 Å². The second kappa shape index (κ2) is 4.70. The molecule has 11 heavy (non-hydrogen) atoms. The van der Waals surface area contributed by atoms with Gasteiger partial charge in [-0.25, -0.2) is 0 Å². The van der Waals surface area contributed by atoms with E-state index in [1.165, 1.54) is 4.82 Å². The average Bonchev–Trinajstić information content (AvgIpc) is 1.79. The summed E-state index contributed by atoms with van der Waals surface area (Å²) in [7, 11) is -2.45. The molecule has 0 aliphatic carbocycles. The minimum Gasteiger partial charge on any atom is -0.141 e. The van der Waals surface area contributed by atoms with Gasteiger partial charge in [0.15, 0.2) is 0 Å². The first-order valence-corrected chi connectivity index (χ1v) is 10.8. The van der Waals surface area contributed by atoms with Crippen molar-refractivity contribution in [3.63, 3.8) is 0 Å². The smallest absolute Gasteiger partial charge is 0.141 e. The number of rotatable bonds is 3. The summed E-state index contributed by atoms with van der Waals surface area (Å²) < 4.78 is 0. The Labute approximate surface area is 81.6 Å². The maximum absolute atomic E-state index is 5.94. The SMILES string of the molecule is CCC=C([Si](Cl)Cl)[Si](C)(C)C. The first kappa shape index (κ1) is 11.8. The fraction of sp³-hybridized carbons (Fsp3) is 0.714. The van der Waals surface area contributed by atoms with Crippen LogP contribution in [0.15, 0.2) is 10.9 Å². The summed E-state index contributed by atoms with van der Waals surface area (Å²) in [6.45, 7) is 8.97. The maximum atomic E-state index is 5.94. The van der Waals surface area contributed by atoms with Gasteiger partial charge < -0.3 is 0 Å². The molecule has 0 aromatic carbocycles. The predicted octanol–water partition coefficient (Wildman–Crippen LogP) is 3.71. The zero-order valence-corrected chi connectivity index (χ0v) is 11.1. The highest BCUT2D eigenvalue weighted by atomic mass is 35.7. The van der Waals surface area contributed by atoms with Crippen molar-refractivity contribution in [2.24, 2.45) is 0 Å². The maximum Gasteiger partial charge on any atom is 0.298 e. The van der Waals surface area contributed by atoms with E-state index < -0.39 is 15.5 Å². The van der Waals surface area contributed by atoms with E-state index in [-0.39, 0.29) is 0 Å². The standard InChI is InChI=1S/C7H15Cl2Si2/c1-5-6-7(10(8)9)11(2,3)4/h6H,5H2,1-4H3. The van der Waals surface area contributed by atoms with Crippen molar-refractivity contribution in [3.05, 3.63) is 10.9 Å². The van der Waals surface area contributed by atoms with Crippen LogP contribution in [0.25, 0.3) is 0 Å². The highest BCUT2D eigenvalue weighted by Crippen LogP contribution is 2.22. The molecule has 0 aromatic heterocycles. The molecule has 0 rings (SSSR count). The predicted molar refractivity (Wildman–Crippen MR) is 59.2 cm³/mol. The van der Waals surface area contributed by atoms with Gasteiger partial charge in [0.1, 0.15) is 0 Å². The van der Waals surface area contributed by atoms with Crippen molar-refractivity contribution in [1.82, 2.24) is 0 Å². The van der Waals surface area contributed by atoms with Crippen LogP contribution in [0.4, 0.5) is 0 Å².